The maximum atomic E-state index is 12.5. The van der Waals surface area contributed by atoms with Crippen molar-refractivity contribution in [3.63, 3.8) is 0 Å². The van der Waals surface area contributed by atoms with Gasteiger partial charge >= 0.3 is 0 Å². The SMILES string of the molecule is O=C(N[C@@H]1CO[C@H]2[C@@H]1OC[C@H]2O)c1cccc(Cn2cccn2)c1. The molecule has 4 rings (SSSR count). The number of aromatic nitrogens is 2. The van der Waals surface area contributed by atoms with E-state index in [2.05, 4.69) is 10.4 Å². The van der Waals surface area contributed by atoms with Crippen LogP contribution in [0.25, 0.3) is 0 Å². The van der Waals surface area contributed by atoms with Crippen molar-refractivity contribution in [2.24, 2.45) is 0 Å². The third-order valence-corrected chi connectivity index (χ3v) is 4.44. The minimum absolute atomic E-state index is 0.170. The van der Waals surface area contributed by atoms with Gasteiger partial charge in [-0.15, -0.1) is 0 Å². The Kier molecular flexibility index (Phi) is 4.05. The number of nitrogens with one attached hydrogen (secondary N) is 1. The number of aliphatic hydroxyl groups is 1. The quantitative estimate of drug-likeness (QED) is 0.836. The molecule has 4 atom stereocenters. The van der Waals surface area contributed by atoms with E-state index in [0.29, 0.717) is 18.7 Å². The van der Waals surface area contributed by atoms with Crippen LogP contribution in [0.3, 0.4) is 0 Å². The van der Waals surface area contributed by atoms with Crippen LogP contribution >= 0.6 is 0 Å². The zero-order chi connectivity index (χ0) is 16.5. The number of aliphatic hydroxyl groups excluding tert-OH is 1. The smallest absolute Gasteiger partial charge is 0.251 e. The first kappa shape index (κ1) is 15.3. The first-order valence-corrected chi connectivity index (χ1v) is 7.99. The van der Waals surface area contributed by atoms with E-state index in [1.807, 2.05) is 30.5 Å². The van der Waals surface area contributed by atoms with E-state index in [9.17, 15) is 9.90 Å². The predicted molar refractivity (Wildman–Crippen MR) is 84.5 cm³/mol. The zero-order valence-electron chi connectivity index (χ0n) is 13.0. The number of hydrogen-bond donors (Lipinski definition) is 2. The molecule has 0 saturated carbocycles. The van der Waals surface area contributed by atoms with E-state index < -0.39 is 6.10 Å². The van der Waals surface area contributed by atoms with E-state index in [-0.39, 0.29) is 30.8 Å². The third-order valence-electron chi connectivity index (χ3n) is 4.44. The molecule has 3 heterocycles. The Morgan fingerprint density at radius 2 is 2.17 bits per heavy atom. The lowest BCUT2D eigenvalue weighted by Gasteiger charge is -2.17. The molecule has 0 radical (unpaired) electrons. The van der Waals surface area contributed by atoms with Crippen LogP contribution in [0.2, 0.25) is 0 Å². The van der Waals surface area contributed by atoms with Gasteiger partial charge in [-0.3, -0.25) is 9.48 Å². The lowest BCUT2D eigenvalue weighted by molar-refractivity contribution is 0.0178. The summed E-state index contributed by atoms with van der Waals surface area (Å²) >= 11 is 0. The van der Waals surface area contributed by atoms with Crippen molar-refractivity contribution >= 4 is 5.91 Å². The van der Waals surface area contributed by atoms with Gasteiger partial charge in [-0.05, 0) is 23.8 Å². The third kappa shape index (κ3) is 2.93. The summed E-state index contributed by atoms with van der Waals surface area (Å²) in [6.07, 6.45) is 2.36. The zero-order valence-corrected chi connectivity index (χ0v) is 13.0. The van der Waals surface area contributed by atoms with Crippen molar-refractivity contribution in [1.82, 2.24) is 15.1 Å². The first-order valence-electron chi connectivity index (χ1n) is 7.99. The summed E-state index contributed by atoms with van der Waals surface area (Å²) < 4.78 is 12.9. The molecule has 7 nitrogen and oxygen atoms in total. The van der Waals surface area contributed by atoms with E-state index in [4.69, 9.17) is 9.47 Å². The fourth-order valence-corrected chi connectivity index (χ4v) is 3.25. The maximum Gasteiger partial charge on any atom is 0.251 e. The second kappa shape index (κ2) is 6.35. The highest BCUT2D eigenvalue weighted by molar-refractivity contribution is 5.94. The molecular formula is C17H19N3O4. The van der Waals surface area contributed by atoms with Crippen LogP contribution in [-0.2, 0) is 16.0 Å². The molecule has 0 aliphatic carbocycles. The highest BCUT2D eigenvalue weighted by atomic mass is 16.6. The maximum absolute atomic E-state index is 12.5. The molecule has 2 saturated heterocycles. The normalized spacial score (nSPS) is 28.7. The summed E-state index contributed by atoms with van der Waals surface area (Å²) in [4.78, 5) is 12.5. The Bertz CT molecular complexity index is 718. The molecule has 2 aliphatic heterocycles. The Hall–Kier alpha value is -2.22. The topological polar surface area (TPSA) is 85.6 Å². The molecule has 2 N–H and O–H groups in total. The van der Waals surface area contributed by atoms with Crippen LogP contribution in [0.4, 0.5) is 0 Å². The van der Waals surface area contributed by atoms with Crippen molar-refractivity contribution in [1.29, 1.82) is 0 Å². The van der Waals surface area contributed by atoms with Crippen LogP contribution < -0.4 is 5.32 Å². The molecule has 2 fully saturated rings. The van der Waals surface area contributed by atoms with Gasteiger partial charge in [0.1, 0.15) is 18.3 Å². The summed E-state index contributed by atoms with van der Waals surface area (Å²) in [6, 6.07) is 9.08. The highest BCUT2D eigenvalue weighted by Gasteiger charge is 2.47. The van der Waals surface area contributed by atoms with Gasteiger partial charge in [0, 0.05) is 18.0 Å². The summed E-state index contributed by atoms with van der Waals surface area (Å²) in [5.41, 5.74) is 1.58. The van der Waals surface area contributed by atoms with Crippen molar-refractivity contribution in [2.75, 3.05) is 13.2 Å². The minimum Gasteiger partial charge on any atom is -0.388 e. The predicted octanol–water partition coefficient (Wildman–Crippen LogP) is 0.188. The number of rotatable bonds is 4. The van der Waals surface area contributed by atoms with Gasteiger partial charge in [-0.25, -0.2) is 0 Å². The second-order valence-electron chi connectivity index (χ2n) is 6.15. The molecule has 2 aromatic rings. The molecule has 7 heteroatoms. The fourth-order valence-electron chi connectivity index (χ4n) is 3.25. The Balaban J connectivity index is 1.43. The van der Waals surface area contributed by atoms with Gasteiger partial charge in [0.25, 0.3) is 5.91 Å². The number of ether oxygens (including phenoxy) is 2. The molecule has 0 bridgehead atoms. The van der Waals surface area contributed by atoms with Crippen molar-refractivity contribution in [2.45, 2.75) is 30.9 Å². The van der Waals surface area contributed by atoms with E-state index in [1.54, 1.807) is 16.9 Å². The van der Waals surface area contributed by atoms with Crippen LogP contribution in [0.1, 0.15) is 15.9 Å². The fraction of sp³-hybridized carbons (Fsp3) is 0.412. The monoisotopic (exact) mass is 329 g/mol. The van der Waals surface area contributed by atoms with Crippen LogP contribution in [-0.4, -0.2) is 58.4 Å². The molecule has 1 amide bonds. The van der Waals surface area contributed by atoms with Gasteiger partial charge in [-0.2, -0.15) is 5.10 Å². The molecule has 2 aliphatic rings. The summed E-state index contributed by atoms with van der Waals surface area (Å²) in [7, 11) is 0. The van der Waals surface area contributed by atoms with Gasteiger partial charge < -0.3 is 19.9 Å². The van der Waals surface area contributed by atoms with Gasteiger partial charge in [-0.1, -0.05) is 12.1 Å². The lowest BCUT2D eigenvalue weighted by Crippen LogP contribution is -2.44. The summed E-state index contributed by atoms with van der Waals surface area (Å²) in [5.74, 6) is -0.170. The molecule has 24 heavy (non-hydrogen) atoms. The number of hydrogen-bond acceptors (Lipinski definition) is 5. The average Bonchev–Trinajstić information content (AvgIpc) is 3.29. The number of carbonyl (C=O) groups is 1. The Morgan fingerprint density at radius 1 is 1.29 bits per heavy atom. The summed E-state index contributed by atoms with van der Waals surface area (Å²) in [6.45, 7) is 1.22. The molecular weight excluding hydrogens is 310 g/mol. The van der Waals surface area contributed by atoms with Crippen LogP contribution in [0.15, 0.2) is 42.7 Å². The number of benzene rings is 1. The average molecular weight is 329 g/mol. The molecule has 0 spiro atoms. The second-order valence-corrected chi connectivity index (χ2v) is 6.15. The van der Waals surface area contributed by atoms with Crippen LogP contribution in [0, 0.1) is 0 Å². The van der Waals surface area contributed by atoms with E-state index in [0.717, 1.165) is 5.56 Å². The minimum atomic E-state index is -0.616. The molecule has 126 valence electrons. The Labute approximate surface area is 139 Å². The van der Waals surface area contributed by atoms with Crippen molar-refractivity contribution in [3.05, 3.63) is 53.9 Å². The van der Waals surface area contributed by atoms with E-state index in [1.165, 1.54) is 0 Å². The van der Waals surface area contributed by atoms with Gasteiger partial charge in [0.2, 0.25) is 0 Å². The van der Waals surface area contributed by atoms with Crippen LogP contribution in [0.5, 0.6) is 0 Å². The lowest BCUT2D eigenvalue weighted by atomic mass is 10.1. The molecule has 0 unspecified atom stereocenters. The van der Waals surface area contributed by atoms with Gasteiger partial charge in [0.15, 0.2) is 0 Å². The largest absolute Gasteiger partial charge is 0.388 e. The van der Waals surface area contributed by atoms with Crippen molar-refractivity contribution < 1.29 is 19.4 Å². The molecule has 1 aromatic carbocycles. The number of carbonyl (C=O) groups excluding carboxylic acids is 1. The Morgan fingerprint density at radius 3 is 3.00 bits per heavy atom. The van der Waals surface area contributed by atoms with E-state index >= 15 is 0 Å². The molecule has 1 aromatic heterocycles. The highest BCUT2D eigenvalue weighted by Crippen LogP contribution is 2.27. The number of nitrogens with zero attached hydrogens (tertiary/aromatic N) is 2. The number of amides is 1. The number of fused-ring (bicyclic) bond motifs is 1. The summed E-state index contributed by atoms with van der Waals surface area (Å²) in [5, 5.41) is 16.9. The van der Waals surface area contributed by atoms with Crippen molar-refractivity contribution in [3.8, 4) is 0 Å². The van der Waals surface area contributed by atoms with Gasteiger partial charge in [0.05, 0.1) is 25.8 Å². The first-order chi connectivity index (χ1) is 11.7. The standard InChI is InChI=1S/C17H19N3O4/c21-14-10-24-15-13(9-23-16(14)15)19-17(22)12-4-1-3-11(7-12)8-20-6-2-5-18-20/h1-7,13-16,21H,8-10H2,(H,19,22)/t13-,14-,15-,16-/m1/s1.